The highest BCUT2D eigenvalue weighted by Crippen LogP contribution is 2.27. The van der Waals surface area contributed by atoms with E-state index in [-0.39, 0.29) is 11.9 Å². The lowest BCUT2D eigenvalue weighted by Gasteiger charge is -2.16. The van der Waals surface area contributed by atoms with Crippen molar-refractivity contribution in [2.45, 2.75) is 19.1 Å². The molecular formula is C17H19NO3. The van der Waals surface area contributed by atoms with Crippen molar-refractivity contribution in [3.8, 4) is 11.5 Å². The van der Waals surface area contributed by atoms with E-state index in [4.69, 9.17) is 9.47 Å². The molecule has 2 N–H and O–H groups in total. The summed E-state index contributed by atoms with van der Waals surface area (Å²) in [5.74, 6) is 1.13. The molecule has 110 valence electrons. The fraction of sp³-hybridized carbons (Fsp3) is 0.294. The first-order valence-corrected chi connectivity index (χ1v) is 7.16. The summed E-state index contributed by atoms with van der Waals surface area (Å²) >= 11 is 0. The Morgan fingerprint density at radius 1 is 1.14 bits per heavy atom. The third-order valence-corrected chi connectivity index (χ3v) is 3.49. The van der Waals surface area contributed by atoms with E-state index >= 15 is 0 Å². The van der Waals surface area contributed by atoms with Crippen LogP contribution in [0.1, 0.15) is 12.0 Å². The van der Waals surface area contributed by atoms with Crippen LogP contribution in [0.3, 0.4) is 0 Å². The molecule has 1 aliphatic rings. The van der Waals surface area contributed by atoms with Crippen LogP contribution in [0.4, 0.5) is 5.69 Å². The van der Waals surface area contributed by atoms with Gasteiger partial charge in [-0.15, -0.1) is 0 Å². The van der Waals surface area contributed by atoms with Crippen molar-refractivity contribution in [3.63, 3.8) is 0 Å². The number of para-hydroxylation sites is 2. The van der Waals surface area contributed by atoms with Crippen molar-refractivity contribution in [1.29, 1.82) is 0 Å². The summed E-state index contributed by atoms with van der Waals surface area (Å²) in [6.07, 6.45) is 1.08. The molecule has 0 spiro atoms. The van der Waals surface area contributed by atoms with Gasteiger partial charge in [0.2, 0.25) is 0 Å². The first-order chi connectivity index (χ1) is 10.3. The van der Waals surface area contributed by atoms with Gasteiger partial charge in [-0.3, -0.25) is 0 Å². The minimum atomic E-state index is 0.140. The number of rotatable bonds is 5. The molecule has 4 nitrogen and oxygen atoms in total. The summed E-state index contributed by atoms with van der Waals surface area (Å²) in [5, 5.41) is 12.7. The second-order valence-electron chi connectivity index (χ2n) is 5.12. The van der Waals surface area contributed by atoms with Gasteiger partial charge in [0.1, 0.15) is 17.6 Å². The maximum absolute atomic E-state index is 9.29. The van der Waals surface area contributed by atoms with E-state index in [0.29, 0.717) is 13.2 Å². The molecule has 0 amide bonds. The van der Waals surface area contributed by atoms with Crippen LogP contribution in [0.5, 0.6) is 11.5 Å². The zero-order valence-electron chi connectivity index (χ0n) is 11.8. The lowest BCUT2D eigenvalue weighted by molar-refractivity contribution is 0.142. The second-order valence-corrected chi connectivity index (χ2v) is 5.12. The Balaban J connectivity index is 1.65. The van der Waals surface area contributed by atoms with E-state index in [1.165, 1.54) is 0 Å². The Morgan fingerprint density at radius 2 is 1.95 bits per heavy atom. The summed E-state index contributed by atoms with van der Waals surface area (Å²) in [5.41, 5.74) is 2.07. The Kier molecular flexibility index (Phi) is 4.26. The molecule has 0 bridgehead atoms. The van der Waals surface area contributed by atoms with E-state index in [0.717, 1.165) is 30.0 Å². The first-order valence-electron chi connectivity index (χ1n) is 7.16. The largest absolute Gasteiger partial charge is 0.508 e. The van der Waals surface area contributed by atoms with Crippen molar-refractivity contribution in [2.24, 2.45) is 0 Å². The highest BCUT2D eigenvalue weighted by molar-refractivity contribution is 5.56. The maximum atomic E-state index is 9.29. The lowest BCUT2D eigenvalue weighted by atomic mass is 10.2. The van der Waals surface area contributed by atoms with Gasteiger partial charge in [0.25, 0.3) is 0 Å². The van der Waals surface area contributed by atoms with Crippen LogP contribution in [0.25, 0.3) is 0 Å². The molecule has 1 fully saturated rings. The molecule has 0 aromatic heterocycles. The predicted molar refractivity (Wildman–Crippen MR) is 81.7 cm³/mol. The van der Waals surface area contributed by atoms with Gasteiger partial charge in [0.05, 0.1) is 18.9 Å². The van der Waals surface area contributed by atoms with E-state index in [1.807, 2.05) is 36.4 Å². The number of phenolic OH excluding ortho intramolecular Hbond substituents is 1. The molecule has 1 saturated heterocycles. The molecule has 0 aliphatic carbocycles. The average Bonchev–Trinajstić information content (AvgIpc) is 3.01. The number of nitrogens with one attached hydrogen (secondary N) is 1. The molecule has 2 aromatic carbocycles. The van der Waals surface area contributed by atoms with Crippen LogP contribution >= 0.6 is 0 Å². The van der Waals surface area contributed by atoms with Crippen molar-refractivity contribution < 1.29 is 14.6 Å². The molecule has 0 saturated carbocycles. The van der Waals surface area contributed by atoms with Gasteiger partial charge in [-0.1, -0.05) is 24.3 Å². The van der Waals surface area contributed by atoms with E-state index in [2.05, 4.69) is 5.32 Å². The lowest BCUT2D eigenvalue weighted by Crippen LogP contribution is -2.16. The smallest absolute Gasteiger partial charge is 0.142 e. The summed E-state index contributed by atoms with van der Waals surface area (Å²) < 4.78 is 11.3. The van der Waals surface area contributed by atoms with Crippen LogP contribution in [0.2, 0.25) is 0 Å². The molecule has 4 heteroatoms. The number of hydrogen-bond donors (Lipinski definition) is 2. The molecule has 1 aliphatic heterocycles. The van der Waals surface area contributed by atoms with Gasteiger partial charge in [0.15, 0.2) is 0 Å². The van der Waals surface area contributed by atoms with Gasteiger partial charge in [-0.25, -0.2) is 0 Å². The summed E-state index contributed by atoms with van der Waals surface area (Å²) in [7, 11) is 0. The number of aromatic hydroxyl groups is 1. The quantitative estimate of drug-likeness (QED) is 0.886. The van der Waals surface area contributed by atoms with Gasteiger partial charge in [0, 0.05) is 13.0 Å². The predicted octanol–water partition coefficient (Wildman–Crippen LogP) is 3.17. The third-order valence-electron chi connectivity index (χ3n) is 3.49. The number of phenols is 1. The Labute approximate surface area is 124 Å². The van der Waals surface area contributed by atoms with Gasteiger partial charge < -0.3 is 19.9 Å². The molecule has 0 radical (unpaired) electrons. The standard InChI is InChI=1S/C17H19NO3/c19-14-7-5-13(6-8-14)11-18-16-3-1-2-4-17(16)21-15-9-10-20-12-15/h1-8,15,18-19H,9-12H2/t15-/m0/s1. The molecule has 1 heterocycles. The third kappa shape index (κ3) is 3.67. The van der Waals surface area contributed by atoms with E-state index in [9.17, 15) is 5.11 Å². The minimum absolute atomic E-state index is 0.140. The van der Waals surface area contributed by atoms with Crippen molar-refractivity contribution in [2.75, 3.05) is 18.5 Å². The number of benzene rings is 2. The summed E-state index contributed by atoms with van der Waals surface area (Å²) in [6, 6.07) is 15.1. The molecule has 0 unspecified atom stereocenters. The second kappa shape index (κ2) is 6.50. The summed E-state index contributed by atoms with van der Waals surface area (Å²) in [4.78, 5) is 0. The van der Waals surface area contributed by atoms with E-state index in [1.54, 1.807) is 12.1 Å². The van der Waals surface area contributed by atoms with E-state index < -0.39 is 0 Å². The molecule has 21 heavy (non-hydrogen) atoms. The zero-order chi connectivity index (χ0) is 14.5. The molecule has 1 atom stereocenters. The van der Waals surface area contributed by atoms with Gasteiger partial charge in [-0.2, -0.15) is 0 Å². The Hall–Kier alpha value is -2.20. The van der Waals surface area contributed by atoms with Gasteiger partial charge >= 0.3 is 0 Å². The van der Waals surface area contributed by atoms with Crippen LogP contribution in [0, 0.1) is 0 Å². The average molecular weight is 285 g/mol. The number of ether oxygens (including phenoxy) is 2. The monoisotopic (exact) mass is 285 g/mol. The summed E-state index contributed by atoms with van der Waals surface area (Å²) in [6.45, 7) is 2.11. The SMILES string of the molecule is Oc1ccc(CNc2ccccc2O[C@H]2CCOC2)cc1. The number of hydrogen-bond acceptors (Lipinski definition) is 4. The topological polar surface area (TPSA) is 50.7 Å². The van der Waals surface area contributed by atoms with Crippen LogP contribution in [-0.4, -0.2) is 24.4 Å². The molecule has 3 rings (SSSR count). The van der Waals surface area contributed by atoms with Crippen molar-refractivity contribution >= 4 is 5.69 Å². The highest BCUT2D eigenvalue weighted by atomic mass is 16.5. The maximum Gasteiger partial charge on any atom is 0.142 e. The Bertz CT molecular complexity index is 577. The fourth-order valence-corrected chi connectivity index (χ4v) is 2.31. The minimum Gasteiger partial charge on any atom is -0.508 e. The van der Waals surface area contributed by atoms with Crippen LogP contribution < -0.4 is 10.1 Å². The Morgan fingerprint density at radius 3 is 2.71 bits per heavy atom. The first kappa shape index (κ1) is 13.8. The van der Waals surface area contributed by atoms with Crippen LogP contribution in [-0.2, 0) is 11.3 Å². The highest BCUT2D eigenvalue weighted by Gasteiger charge is 2.18. The zero-order valence-corrected chi connectivity index (χ0v) is 11.8. The normalized spacial score (nSPS) is 17.6. The van der Waals surface area contributed by atoms with Crippen molar-refractivity contribution in [1.82, 2.24) is 0 Å². The van der Waals surface area contributed by atoms with Gasteiger partial charge in [-0.05, 0) is 29.8 Å². The van der Waals surface area contributed by atoms with Crippen LogP contribution in [0.15, 0.2) is 48.5 Å². The molecular weight excluding hydrogens is 266 g/mol. The molecule has 2 aromatic rings. The van der Waals surface area contributed by atoms with Crippen molar-refractivity contribution in [3.05, 3.63) is 54.1 Å². The number of anilines is 1. The fourth-order valence-electron chi connectivity index (χ4n) is 2.31.